The van der Waals surface area contributed by atoms with Crippen molar-refractivity contribution in [2.45, 2.75) is 0 Å². The Labute approximate surface area is 257 Å². The first-order valence-corrected chi connectivity index (χ1v) is 15.0. The topological polar surface area (TPSA) is 17.0 Å². The highest BCUT2D eigenvalue weighted by molar-refractivity contribution is 6.10. The minimum atomic E-state index is 1.07. The molecule has 0 atom stereocenters. The fourth-order valence-corrected chi connectivity index (χ4v) is 6.23. The number of anilines is 2. The smallest absolute Gasteiger partial charge is 0.0541 e. The van der Waals surface area contributed by atoms with Crippen molar-refractivity contribution in [3.05, 3.63) is 176 Å². The lowest BCUT2D eigenvalue weighted by atomic mass is 9.95. The molecule has 2 nitrogen and oxygen atoms in total. The van der Waals surface area contributed by atoms with Crippen LogP contribution in [0.15, 0.2) is 176 Å². The first-order valence-electron chi connectivity index (χ1n) is 15.0. The van der Waals surface area contributed by atoms with E-state index in [4.69, 9.17) is 0 Å². The molecule has 0 fully saturated rings. The van der Waals surface area contributed by atoms with E-state index in [0.29, 0.717) is 0 Å². The number of nitrogens with zero attached hydrogens (tertiary/aromatic N) is 1. The quantitative estimate of drug-likeness (QED) is 0.213. The molecule has 0 saturated heterocycles. The molecule has 0 radical (unpaired) electrons. The molecule has 44 heavy (non-hydrogen) atoms. The van der Waals surface area contributed by atoms with E-state index in [1.165, 1.54) is 60.9 Å². The number of fused-ring (bicyclic) bond motifs is 3. The molecule has 2 heteroatoms. The van der Waals surface area contributed by atoms with Gasteiger partial charge in [-0.3, -0.25) is 0 Å². The molecule has 0 amide bonds. The van der Waals surface area contributed by atoms with Gasteiger partial charge in [0.15, 0.2) is 0 Å². The molecule has 0 aliphatic heterocycles. The molecule has 0 spiro atoms. The monoisotopic (exact) mass is 562 g/mol. The number of aromatic nitrogens is 1. The highest BCUT2D eigenvalue weighted by Gasteiger charge is 2.13. The maximum Gasteiger partial charge on any atom is 0.0541 e. The fourth-order valence-electron chi connectivity index (χ4n) is 6.23. The molecule has 1 aromatic heterocycles. The first-order chi connectivity index (χ1) is 21.8. The Kier molecular flexibility index (Phi) is 6.51. The summed E-state index contributed by atoms with van der Waals surface area (Å²) in [6.45, 7) is 0. The van der Waals surface area contributed by atoms with Gasteiger partial charge in [-0.2, -0.15) is 0 Å². The summed E-state index contributed by atoms with van der Waals surface area (Å²) in [7, 11) is 0. The van der Waals surface area contributed by atoms with E-state index in [2.05, 4.69) is 180 Å². The summed E-state index contributed by atoms with van der Waals surface area (Å²) < 4.78 is 2.36. The number of hydrogen-bond acceptors (Lipinski definition) is 1. The number of para-hydroxylation sites is 3. The molecule has 7 aromatic carbocycles. The van der Waals surface area contributed by atoms with Gasteiger partial charge >= 0.3 is 0 Å². The standard InChI is InChI=1S/C42H30N2/c1-4-12-32(13-5-1)38-28-33(24-26-40(38)43-35-14-6-2-7-15-35)30-20-22-31(23-21-30)34-25-27-42-39(29-34)37-18-10-11-19-41(37)44(42)36-16-8-3-9-17-36/h1-29,43H. The van der Waals surface area contributed by atoms with Crippen molar-refractivity contribution in [3.8, 4) is 39.1 Å². The zero-order valence-corrected chi connectivity index (χ0v) is 24.2. The molecular formula is C42H30N2. The maximum atomic E-state index is 3.62. The summed E-state index contributed by atoms with van der Waals surface area (Å²) >= 11 is 0. The van der Waals surface area contributed by atoms with Crippen LogP contribution in [0.5, 0.6) is 0 Å². The third kappa shape index (κ3) is 4.73. The maximum absolute atomic E-state index is 3.62. The van der Waals surface area contributed by atoms with Gasteiger partial charge in [-0.25, -0.2) is 0 Å². The molecule has 0 unspecified atom stereocenters. The lowest BCUT2D eigenvalue weighted by molar-refractivity contribution is 1.18. The molecule has 8 aromatic rings. The van der Waals surface area contributed by atoms with Gasteiger partial charge in [0.25, 0.3) is 0 Å². The predicted molar refractivity (Wildman–Crippen MR) is 187 cm³/mol. The first kappa shape index (κ1) is 25.8. The van der Waals surface area contributed by atoms with E-state index in [1.54, 1.807) is 0 Å². The van der Waals surface area contributed by atoms with Gasteiger partial charge in [-0.1, -0.05) is 121 Å². The van der Waals surface area contributed by atoms with Crippen LogP contribution in [0.1, 0.15) is 0 Å². The van der Waals surface area contributed by atoms with Gasteiger partial charge in [0.05, 0.1) is 11.0 Å². The zero-order chi connectivity index (χ0) is 29.3. The largest absolute Gasteiger partial charge is 0.355 e. The highest BCUT2D eigenvalue weighted by atomic mass is 15.0. The highest BCUT2D eigenvalue weighted by Crippen LogP contribution is 2.37. The lowest BCUT2D eigenvalue weighted by Crippen LogP contribution is -1.94. The van der Waals surface area contributed by atoms with Gasteiger partial charge < -0.3 is 9.88 Å². The summed E-state index contributed by atoms with van der Waals surface area (Å²) in [4.78, 5) is 0. The summed E-state index contributed by atoms with van der Waals surface area (Å²) in [5.74, 6) is 0. The summed E-state index contributed by atoms with van der Waals surface area (Å²) in [6.07, 6.45) is 0. The van der Waals surface area contributed by atoms with Crippen LogP contribution in [0, 0.1) is 0 Å². The average molecular weight is 563 g/mol. The van der Waals surface area contributed by atoms with Crippen LogP contribution in [-0.2, 0) is 0 Å². The molecule has 0 aliphatic carbocycles. The molecular weight excluding hydrogens is 532 g/mol. The average Bonchev–Trinajstić information content (AvgIpc) is 3.43. The van der Waals surface area contributed by atoms with Crippen LogP contribution in [-0.4, -0.2) is 4.57 Å². The Bertz CT molecular complexity index is 2210. The second-order valence-electron chi connectivity index (χ2n) is 11.1. The van der Waals surface area contributed by atoms with E-state index < -0.39 is 0 Å². The van der Waals surface area contributed by atoms with Crippen molar-refractivity contribution in [1.82, 2.24) is 4.57 Å². The minimum absolute atomic E-state index is 1.07. The summed E-state index contributed by atoms with van der Waals surface area (Å²) in [5, 5.41) is 6.15. The Morgan fingerprint density at radius 1 is 0.364 bits per heavy atom. The van der Waals surface area contributed by atoms with Crippen molar-refractivity contribution < 1.29 is 0 Å². The summed E-state index contributed by atoms with van der Waals surface area (Å²) in [5.41, 5.74) is 13.0. The van der Waals surface area contributed by atoms with E-state index in [1.807, 2.05) is 6.07 Å². The molecule has 1 N–H and O–H groups in total. The van der Waals surface area contributed by atoms with Crippen LogP contribution < -0.4 is 5.32 Å². The number of nitrogens with one attached hydrogen (secondary N) is 1. The number of hydrogen-bond donors (Lipinski definition) is 1. The lowest BCUT2D eigenvalue weighted by Gasteiger charge is -2.15. The molecule has 1 heterocycles. The molecule has 0 aliphatic rings. The normalized spacial score (nSPS) is 11.2. The van der Waals surface area contributed by atoms with Crippen molar-refractivity contribution in [1.29, 1.82) is 0 Å². The SMILES string of the molecule is c1ccc(Nc2ccc(-c3ccc(-c4ccc5c(c4)c4ccccc4n5-c4ccccc4)cc3)cc2-c2ccccc2)cc1. The molecule has 0 bridgehead atoms. The Hall–Kier alpha value is -5.86. The van der Waals surface area contributed by atoms with Crippen molar-refractivity contribution in [2.75, 3.05) is 5.32 Å². The second kappa shape index (κ2) is 11.1. The van der Waals surface area contributed by atoms with Crippen molar-refractivity contribution in [3.63, 3.8) is 0 Å². The van der Waals surface area contributed by atoms with E-state index in [-0.39, 0.29) is 0 Å². The van der Waals surface area contributed by atoms with Crippen LogP contribution in [0.2, 0.25) is 0 Å². The van der Waals surface area contributed by atoms with Crippen molar-refractivity contribution >= 4 is 33.2 Å². The molecule has 8 rings (SSSR count). The second-order valence-corrected chi connectivity index (χ2v) is 11.1. The van der Waals surface area contributed by atoms with Gasteiger partial charge in [0, 0.05) is 33.4 Å². The Morgan fingerprint density at radius 3 is 1.64 bits per heavy atom. The van der Waals surface area contributed by atoms with Crippen molar-refractivity contribution in [2.24, 2.45) is 0 Å². The third-order valence-corrected chi connectivity index (χ3v) is 8.40. The number of rotatable bonds is 6. The summed E-state index contributed by atoms with van der Waals surface area (Å²) in [6, 6.07) is 62.7. The van der Waals surface area contributed by atoms with Gasteiger partial charge in [-0.15, -0.1) is 0 Å². The fraction of sp³-hybridized carbons (Fsp3) is 0. The van der Waals surface area contributed by atoms with Crippen LogP contribution >= 0.6 is 0 Å². The Morgan fingerprint density at radius 2 is 0.909 bits per heavy atom. The van der Waals surface area contributed by atoms with Gasteiger partial charge in [-0.05, 0) is 82.4 Å². The van der Waals surface area contributed by atoms with E-state index in [0.717, 1.165) is 11.4 Å². The third-order valence-electron chi connectivity index (χ3n) is 8.40. The van der Waals surface area contributed by atoms with Crippen LogP contribution in [0.4, 0.5) is 11.4 Å². The molecule has 0 saturated carbocycles. The van der Waals surface area contributed by atoms with Crippen LogP contribution in [0.25, 0.3) is 60.9 Å². The number of benzene rings is 7. The zero-order valence-electron chi connectivity index (χ0n) is 24.2. The van der Waals surface area contributed by atoms with Gasteiger partial charge in [0.2, 0.25) is 0 Å². The molecule has 208 valence electrons. The Balaban J connectivity index is 1.16. The predicted octanol–water partition coefficient (Wildman–Crippen LogP) is 11.5. The minimum Gasteiger partial charge on any atom is -0.355 e. The van der Waals surface area contributed by atoms with E-state index in [9.17, 15) is 0 Å². The van der Waals surface area contributed by atoms with Crippen LogP contribution in [0.3, 0.4) is 0 Å². The van der Waals surface area contributed by atoms with Gasteiger partial charge in [0.1, 0.15) is 0 Å². The van der Waals surface area contributed by atoms with E-state index >= 15 is 0 Å².